The molecule has 1 heterocycles. The van der Waals surface area contributed by atoms with Crippen molar-refractivity contribution in [3.8, 4) is 5.75 Å². The minimum Gasteiger partial charge on any atom is -0.406 e. The number of nitrogens with two attached hydrogens (primary N) is 1. The average molecular weight is 305 g/mol. The molecule has 0 aliphatic heterocycles. The lowest BCUT2D eigenvalue weighted by Crippen LogP contribution is -2.17. The first-order valence-electron chi connectivity index (χ1n) is 5.48. The summed E-state index contributed by atoms with van der Waals surface area (Å²) in [6, 6.07) is 10.3. The van der Waals surface area contributed by atoms with Crippen LogP contribution in [0.4, 0.5) is 13.2 Å². The van der Waals surface area contributed by atoms with Gasteiger partial charge in [-0.25, -0.2) is 0 Å². The fourth-order valence-corrected chi connectivity index (χ4v) is 1.61. The lowest BCUT2D eigenvalue weighted by atomic mass is 10.0. The fourth-order valence-electron chi connectivity index (χ4n) is 1.61. The van der Waals surface area contributed by atoms with E-state index in [-0.39, 0.29) is 18.2 Å². The number of ether oxygens (including phenoxy) is 1. The highest BCUT2D eigenvalue weighted by molar-refractivity contribution is 5.85. The Kier molecular flexibility index (Phi) is 5.35. The molecule has 2 N–H and O–H groups in total. The number of hydrogen-bond acceptors (Lipinski definition) is 3. The van der Waals surface area contributed by atoms with Gasteiger partial charge in [-0.3, -0.25) is 4.98 Å². The van der Waals surface area contributed by atoms with Crippen LogP contribution >= 0.6 is 12.4 Å². The van der Waals surface area contributed by atoms with Gasteiger partial charge < -0.3 is 10.5 Å². The molecule has 1 atom stereocenters. The van der Waals surface area contributed by atoms with Crippen LogP contribution < -0.4 is 10.5 Å². The van der Waals surface area contributed by atoms with E-state index in [1.165, 1.54) is 24.3 Å². The first-order valence-corrected chi connectivity index (χ1v) is 5.48. The quantitative estimate of drug-likeness (QED) is 0.945. The van der Waals surface area contributed by atoms with Crippen LogP contribution in [-0.2, 0) is 0 Å². The van der Waals surface area contributed by atoms with Crippen LogP contribution in [0, 0.1) is 0 Å². The van der Waals surface area contributed by atoms with Crippen LogP contribution in [0.5, 0.6) is 5.75 Å². The highest BCUT2D eigenvalue weighted by atomic mass is 35.5. The summed E-state index contributed by atoms with van der Waals surface area (Å²) >= 11 is 0. The molecule has 7 heteroatoms. The van der Waals surface area contributed by atoms with E-state index in [2.05, 4.69) is 9.72 Å². The molecule has 0 amide bonds. The maximum Gasteiger partial charge on any atom is 0.573 e. The zero-order valence-corrected chi connectivity index (χ0v) is 11.0. The van der Waals surface area contributed by atoms with Gasteiger partial charge in [0.15, 0.2) is 0 Å². The van der Waals surface area contributed by atoms with Crippen LogP contribution in [0.2, 0.25) is 0 Å². The summed E-state index contributed by atoms with van der Waals surface area (Å²) in [6.07, 6.45) is -3.08. The lowest BCUT2D eigenvalue weighted by Gasteiger charge is -2.13. The molecule has 1 aromatic carbocycles. The number of benzene rings is 1. The van der Waals surface area contributed by atoms with Crippen molar-refractivity contribution < 1.29 is 17.9 Å². The normalized spacial score (nSPS) is 12.4. The fraction of sp³-hybridized carbons (Fsp3) is 0.154. The molecule has 0 spiro atoms. The average Bonchev–Trinajstić information content (AvgIpc) is 2.38. The maximum atomic E-state index is 12.0. The number of aromatic nitrogens is 1. The van der Waals surface area contributed by atoms with E-state index in [1.54, 1.807) is 24.4 Å². The van der Waals surface area contributed by atoms with Gasteiger partial charge in [0, 0.05) is 6.20 Å². The van der Waals surface area contributed by atoms with Gasteiger partial charge in [-0.2, -0.15) is 0 Å². The second kappa shape index (κ2) is 6.58. The lowest BCUT2D eigenvalue weighted by molar-refractivity contribution is -0.274. The Morgan fingerprint density at radius 3 is 2.20 bits per heavy atom. The molecule has 20 heavy (non-hydrogen) atoms. The van der Waals surface area contributed by atoms with Crippen LogP contribution in [0.1, 0.15) is 17.3 Å². The SMILES string of the molecule is Cl.N[C@@H](c1ccc(OC(F)(F)F)cc1)c1ccccn1. The zero-order valence-electron chi connectivity index (χ0n) is 10.2. The highest BCUT2D eigenvalue weighted by Gasteiger charge is 2.31. The van der Waals surface area contributed by atoms with Crippen molar-refractivity contribution in [2.45, 2.75) is 12.4 Å². The number of nitrogens with zero attached hydrogens (tertiary/aromatic N) is 1. The Morgan fingerprint density at radius 1 is 1.05 bits per heavy atom. The van der Waals surface area contributed by atoms with Gasteiger partial charge in [-0.1, -0.05) is 18.2 Å². The van der Waals surface area contributed by atoms with Crippen LogP contribution in [0.3, 0.4) is 0 Å². The van der Waals surface area contributed by atoms with Crippen LogP contribution in [0.15, 0.2) is 48.7 Å². The van der Waals surface area contributed by atoms with Gasteiger partial charge in [-0.05, 0) is 29.8 Å². The van der Waals surface area contributed by atoms with Gasteiger partial charge in [-0.15, -0.1) is 25.6 Å². The number of pyridine rings is 1. The van der Waals surface area contributed by atoms with Gasteiger partial charge in [0.25, 0.3) is 0 Å². The summed E-state index contributed by atoms with van der Waals surface area (Å²) in [7, 11) is 0. The molecule has 0 saturated heterocycles. The van der Waals surface area contributed by atoms with E-state index in [9.17, 15) is 13.2 Å². The molecule has 1 aromatic heterocycles. The second-order valence-corrected chi connectivity index (χ2v) is 3.85. The summed E-state index contributed by atoms with van der Waals surface area (Å²) in [5.74, 6) is -0.274. The van der Waals surface area contributed by atoms with Crippen molar-refractivity contribution in [1.29, 1.82) is 0 Å². The number of halogens is 4. The summed E-state index contributed by atoms with van der Waals surface area (Å²) in [4.78, 5) is 4.10. The second-order valence-electron chi connectivity index (χ2n) is 3.85. The summed E-state index contributed by atoms with van der Waals surface area (Å²) < 4.78 is 39.8. The molecule has 0 fully saturated rings. The first-order chi connectivity index (χ1) is 8.96. The molecule has 0 aliphatic carbocycles. The molecule has 0 aliphatic rings. The van der Waals surface area contributed by atoms with Crippen molar-refractivity contribution in [1.82, 2.24) is 4.98 Å². The topological polar surface area (TPSA) is 48.1 Å². The monoisotopic (exact) mass is 304 g/mol. The number of rotatable bonds is 3. The molecule has 0 bridgehead atoms. The Labute approximate surface area is 120 Å². The molecule has 108 valence electrons. The molecule has 0 radical (unpaired) electrons. The molecule has 2 aromatic rings. The van der Waals surface area contributed by atoms with Crippen molar-refractivity contribution in [2.24, 2.45) is 5.73 Å². The van der Waals surface area contributed by atoms with E-state index >= 15 is 0 Å². The van der Waals surface area contributed by atoms with E-state index in [0.29, 0.717) is 11.3 Å². The van der Waals surface area contributed by atoms with E-state index in [4.69, 9.17) is 5.73 Å². The Morgan fingerprint density at radius 2 is 1.70 bits per heavy atom. The highest BCUT2D eigenvalue weighted by Crippen LogP contribution is 2.25. The van der Waals surface area contributed by atoms with Gasteiger partial charge in [0.05, 0.1) is 11.7 Å². The van der Waals surface area contributed by atoms with Crippen LogP contribution in [0.25, 0.3) is 0 Å². The van der Waals surface area contributed by atoms with Crippen molar-refractivity contribution in [3.63, 3.8) is 0 Å². The molecule has 0 unspecified atom stereocenters. The molecule has 0 saturated carbocycles. The van der Waals surface area contributed by atoms with Crippen molar-refractivity contribution in [3.05, 3.63) is 59.9 Å². The Balaban J connectivity index is 0.00000200. The zero-order chi connectivity index (χ0) is 13.9. The van der Waals surface area contributed by atoms with E-state index in [0.717, 1.165) is 0 Å². The molecular weight excluding hydrogens is 293 g/mol. The smallest absolute Gasteiger partial charge is 0.406 e. The summed E-state index contributed by atoms with van der Waals surface area (Å²) in [5.41, 5.74) is 7.27. The number of alkyl halides is 3. The van der Waals surface area contributed by atoms with Gasteiger partial charge in [0.1, 0.15) is 5.75 Å². The van der Waals surface area contributed by atoms with Gasteiger partial charge >= 0.3 is 6.36 Å². The largest absolute Gasteiger partial charge is 0.573 e. The first kappa shape index (κ1) is 16.3. The van der Waals surface area contributed by atoms with Crippen LogP contribution in [-0.4, -0.2) is 11.3 Å². The predicted octanol–water partition coefficient (Wildman–Crippen LogP) is 3.45. The van der Waals surface area contributed by atoms with Gasteiger partial charge in [0.2, 0.25) is 0 Å². The maximum absolute atomic E-state index is 12.0. The third kappa shape index (κ3) is 4.40. The summed E-state index contributed by atoms with van der Waals surface area (Å²) in [6.45, 7) is 0. The molecule has 3 nitrogen and oxygen atoms in total. The third-order valence-electron chi connectivity index (χ3n) is 2.48. The Bertz CT molecular complexity index is 532. The standard InChI is InChI=1S/C13H11F3N2O.ClH/c14-13(15,16)19-10-6-4-9(5-7-10)12(17)11-3-1-2-8-18-11;/h1-8,12H,17H2;1H/t12-;/m0./s1. The number of hydrogen-bond donors (Lipinski definition) is 1. The third-order valence-corrected chi connectivity index (χ3v) is 2.48. The van der Waals surface area contributed by atoms with E-state index in [1.807, 2.05) is 0 Å². The minimum atomic E-state index is -4.69. The molecular formula is C13H12ClF3N2O. The summed E-state index contributed by atoms with van der Waals surface area (Å²) in [5, 5.41) is 0. The van der Waals surface area contributed by atoms with E-state index < -0.39 is 12.4 Å². The predicted molar refractivity (Wildman–Crippen MR) is 70.6 cm³/mol. The van der Waals surface area contributed by atoms with Crippen molar-refractivity contribution in [2.75, 3.05) is 0 Å². The van der Waals surface area contributed by atoms with Crippen molar-refractivity contribution >= 4 is 12.4 Å². The Hall–Kier alpha value is -1.79. The molecule has 2 rings (SSSR count). The minimum absolute atomic E-state index is 0.